The largest absolute Gasteiger partial charge is 0.497 e. The Balaban J connectivity index is 1.27. The predicted molar refractivity (Wildman–Crippen MR) is 136 cm³/mol. The highest BCUT2D eigenvalue weighted by atomic mass is 16.5. The van der Waals surface area contributed by atoms with Crippen LogP contribution in [0.15, 0.2) is 84.9 Å². The Labute approximate surface area is 212 Å². The zero-order valence-corrected chi connectivity index (χ0v) is 20.0. The summed E-state index contributed by atoms with van der Waals surface area (Å²) in [5, 5.41) is 4.38. The third-order valence-electron chi connectivity index (χ3n) is 6.02. The number of hydrogen-bond donors (Lipinski definition) is 2. The Bertz CT molecular complexity index is 1360. The molecule has 0 radical (unpaired) electrons. The fourth-order valence-electron chi connectivity index (χ4n) is 4.10. The van der Waals surface area contributed by atoms with E-state index in [1.165, 1.54) is 0 Å². The second-order valence-corrected chi connectivity index (χ2v) is 8.42. The minimum atomic E-state index is -0.670. The van der Waals surface area contributed by atoms with Gasteiger partial charge >= 0.3 is 5.91 Å². The Kier molecular flexibility index (Phi) is 6.62. The normalized spacial score (nSPS) is 14.9. The summed E-state index contributed by atoms with van der Waals surface area (Å²) in [6, 6.07) is 25.7. The number of benzene rings is 3. The summed E-state index contributed by atoms with van der Waals surface area (Å²) in [6.07, 6.45) is 0.0345. The number of methoxy groups -OCH3 is 1. The number of rotatable bonds is 6. The standard InChI is InChI=1S/C27H24N6O4/c1-37-22-14-12-20(13-15-22)32-17-19(16-23(32)34)26(35)29-30-27(36)24-28-25(18-8-4-2-5-9-18)33(31-24)21-10-6-3-7-11-21/h2-15,19H,16-17H2,1H3,(H,29,35)(H,30,36). The number of nitrogens with zero attached hydrogens (tertiary/aromatic N) is 4. The van der Waals surface area contributed by atoms with Gasteiger partial charge in [0.05, 0.1) is 18.7 Å². The Hall–Kier alpha value is -4.99. The molecule has 3 aromatic carbocycles. The second kappa shape index (κ2) is 10.3. The average Bonchev–Trinajstić information content (AvgIpc) is 3.57. The maximum Gasteiger partial charge on any atom is 0.309 e. The van der Waals surface area contributed by atoms with Crippen LogP contribution in [0, 0.1) is 5.92 Å². The predicted octanol–water partition coefficient (Wildman–Crippen LogP) is 2.76. The molecule has 2 N–H and O–H groups in total. The topological polar surface area (TPSA) is 118 Å². The van der Waals surface area contributed by atoms with Gasteiger partial charge in [-0.05, 0) is 36.4 Å². The Morgan fingerprint density at radius 2 is 1.57 bits per heavy atom. The van der Waals surface area contributed by atoms with Crippen molar-refractivity contribution in [3.05, 3.63) is 90.8 Å². The molecular weight excluding hydrogens is 472 g/mol. The van der Waals surface area contributed by atoms with Crippen molar-refractivity contribution >= 4 is 23.4 Å². The van der Waals surface area contributed by atoms with Crippen LogP contribution in [0.3, 0.4) is 0 Å². The maximum atomic E-state index is 12.8. The highest BCUT2D eigenvalue weighted by Crippen LogP contribution is 2.27. The molecule has 0 saturated carbocycles. The fourth-order valence-corrected chi connectivity index (χ4v) is 4.10. The van der Waals surface area contributed by atoms with E-state index in [9.17, 15) is 14.4 Å². The van der Waals surface area contributed by atoms with E-state index in [-0.39, 0.29) is 24.7 Å². The molecule has 2 heterocycles. The quantitative estimate of drug-likeness (QED) is 0.397. The van der Waals surface area contributed by atoms with E-state index < -0.39 is 17.7 Å². The molecule has 3 amide bonds. The molecular formula is C27H24N6O4. The molecule has 0 aliphatic carbocycles. The molecule has 10 nitrogen and oxygen atoms in total. The third kappa shape index (κ3) is 5.03. The van der Waals surface area contributed by atoms with Crippen LogP contribution in [-0.2, 0) is 9.59 Å². The lowest BCUT2D eigenvalue weighted by molar-refractivity contribution is -0.126. The van der Waals surface area contributed by atoms with Crippen molar-refractivity contribution in [3.63, 3.8) is 0 Å². The van der Waals surface area contributed by atoms with Crippen LogP contribution in [0.1, 0.15) is 17.0 Å². The minimum absolute atomic E-state index is 0.0345. The maximum absolute atomic E-state index is 12.8. The van der Waals surface area contributed by atoms with Crippen molar-refractivity contribution in [3.8, 4) is 22.8 Å². The van der Waals surface area contributed by atoms with Gasteiger partial charge in [0.1, 0.15) is 5.75 Å². The van der Waals surface area contributed by atoms with E-state index in [4.69, 9.17) is 4.74 Å². The molecule has 1 fully saturated rings. The summed E-state index contributed by atoms with van der Waals surface area (Å²) >= 11 is 0. The van der Waals surface area contributed by atoms with Gasteiger partial charge < -0.3 is 9.64 Å². The molecule has 1 aliphatic heterocycles. The van der Waals surface area contributed by atoms with E-state index in [0.29, 0.717) is 17.3 Å². The number of para-hydroxylation sites is 1. The van der Waals surface area contributed by atoms with Crippen LogP contribution in [0.5, 0.6) is 5.75 Å². The van der Waals surface area contributed by atoms with Gasteiger partial charge in [0.15, 0.2) is 5.82 Å². The lowest BCUT2D eigenvalue weighted by atomic mass is 10.1. The number of hydrogen-bond acceptors (Lipinski definition) is 6. The smallest absolute Gasteiger partial charge is 0.309 e. The highest BCUT2D eigenvalue weighted by Gasteiger charge is 2.35. The first kappa shape index (κ1) is 23.7. The number of ether oxygens (including phenoxy) is 1. The summed E-state index contributed by atoms with van der Waals surface area (Å²) in [7, 11) is 1.56. The molecule has 1 saturated heterocycles. The molecule has 0 bridgehead atoms. The summed E-state index contributed by atoms with van der Waals surface area (Å²) in [4.78, 5) is 44.1. The molecule has 0 spiro atoms. The molecule has 4 aromatic rings. The van der Waals surface area contributed by atoms with Crippen molar-refractivity contribution in [2.24, 2.45) is 5.92 Å². The molecule has 1 aromatic heterocycles. The Morgan fingerprint density at radius 3 is 2.24 bits per heavy atom. The van der Waals surface area contributed by atoms with Gasteiger partial charge in [-0.15, -0.1) is 5.10 Å². The van der Waals surface area contributed by atoms with Crippen LogP contribution in [-0.4, -0.2) is 46.1 Å². The summed E-state index contributed by atoms with van der Waals surface area (Å²) in [5.41, 5.74) is 6.99. The number of amides is 3. The second-order valence-electron chi connectivity index (χ2n) is 8.42. The minimum Gasteiger partial charge on any atom is -0.497 e. The SMILES string of the molecule is COc1ccc(N2CC(C(=O)NNC(=O)c3nc(-c4ccccc4)n(-c4ccccc4)n3)CC2=O)cc1. The molecule has 1 unspecified atom stereocenters. The van der Waals surface area contributed by atoms with Crippen molar-refractivity contribution in [1.82, 2.24) is 25.6 Å². The lowest BCUT2D eigenvalue weighted by Crippen LogP contribution is -2.45. The first-order chi connectivity index (χ1) is 18.0. The van der Waals surface area contributed by atoms with Gasteiger partial charge in [-0.1, -0.05) is 48.5 Å². The van der Waals surface area contributed by atoms with Crippen molar-refractivity contribution in [2.45, 2.75) is 6.42 Å². The van der Waals surface area contributed by atoms with Crippen molar-refractivity contribution in [2.75, 3.05) is 18.6 Å². The van der Waals surface area contributed by atoms with Crippen LogP contribution in [0.4, 0.5) is 5.69 Å². The van der Waals surface area contributed by atoms with Gasteiger partial charge in [0, 0.05) is 24.2 Å². The number of hydrazine groups is 1. The van der Waals surface area contributed by atoms with E-state index in [1.807, 2.05) is 60.7 Å². The van der Waals surface area contributed by atoms with E-state index in [0.717, 1.165) is 11.3 Å². The van der Waals surface area contributed by atoms with Crippen LogP contribution >= 0.6 is 0 Å². The molecule has 1 atom stereocenters. The fraction of sp³-hybridized carbons (Fsp3) is 0.148. The lowest BCUT2D eigenvalue weighted by Gasteiger charge is -2.17. The summed E-state index contributed by atoms with van der Waals surface area (Å²) in [6.45, 7) is 0.200. The van der Waals surface area contributed by atoms with Gasteiger partial charge in [-0.3, -0.25) is 25.2 Å². The highest BCUT2D eigenvalue weighted by molar-refractivity contribution is 6.01. The van der Waals surface area contributed by atoms with Gasteiger partial charge in [0.2, 0.25) is 17.6 Å². The zero-order chi connectivity index (χ0) is 25.8. The number of aromatic nitrogens is 3. The monoisotopic (exact) mass is 496 g/mol. The number of anilines is 1. The van der Waals surface area contributed by atoms with Gasteiger partial charge in [0.25, 0.3) is 0 Å². The average molecular weight is 497 g/mol. The van der Waals surface area contributed by atoms with Gasteiger partial charge in [-0.25, -0.2) is 9.67 Å². The van der Waals surface area contributed by atoms with Crippen LogP contribution in [0.25, 0.3) is 17.1 Å². The summed E-state index contributed by atoms with van der Waals surface area (Å²) < 4.78 is 6.73. The van der Waals surface area contributed by atoms with E-state index >= 15 is 0 Å². The first-order valence-corrected chi connectivity index (χ1v) is 11.7. The van der Waals surface area contributed by atoms with E-state index in [2.05, 4.69) is 20.9 Å². The molecule has 5 rings (SSSR count). The molecule has 186 valence electrons. The third-order valence-corrected chi connectivity index (χ3v) is 6.02. The Morgan fingerprint density at radius 1 is 0.892 bits per heavy atom. The van der Waals surface area contributed by atoms with Crippen LogP contribution in [0.2, 0.25) is 0 Å². The molecule has 1 aliphatic rings. The number of carbonyl (C=O) groups is 3. The van der Waals surface area contributed by atoms with E-state index in [1.54, 1.807) is 41.0 Å². The zero-order valence-electron chi connectivity index (χ0n) is 20.0. The van der Waals surface area contributed by atoms with Gasteiger partial charge in [-0.2, -0.15) is 0 Å². The molecule has 37 heavy (non-hydrogen) atoms. The number of nitrogens with one attached hydrogen (secondary N) is 2. The molecule has 10 heteroatoms. The number of carbonyl (C=O) groups excluding carboxylic acids is 3. The van der Waals surface area contributed by atoms with Crippen LogP contribution < -0.4 is 20.5 Å². The van der Waals surface area contributed by atoms with Crippen molar-refractivity contribution < 1.29 is 19.1 Å². The van der Waals surface area contributed by atoms with Crippen molar-refractivity contribution in [1.29, 1.82) is 0 Å². The summed E-state index contributed by atoms with van der Waals surface area (Å²) in [5.74, 6) is -0.881. The first-order valence-electron chi connectivity index (χ1n) is 11.7.